The van der Waals surface area contributed by atoms with E-state index in [2.05, 4.69) is 28.2 Å². The molecule has 0 aromatic heterocycles. The van der Waals surface area contributed by atoms with E-state index >= 15 is 9.59 Å². The molecule has 36 unspecified atom stereocenters. The number of nitrogens with one attached hydrogen (secondary N) is 4. The number of carboxylic acid groups (broad SMARTS) is 1. The summed E-state index contributed by atoms with van der Waals surface area (Å²) in [7, 11) is 6.58. The van der Waals surface area contributed by atoms with Crippen LogP contribution < -0.4 is 21.3 Å². The van der Waals surface area contributed by atoms with Crippen molar-refractivity contribution in [1.82, 2.24) is 21.3 Å². The maximum absolute atomic E-state index is 15.1. The number of hydrogen-bond donors (Lipinski definition) is 15. The summed E-state index contributed by atoms with van der Waals surface area (Å²) in [6, 6.07) is 3.32. The lowest BCUT2D eigenvalue weighted by Crippen LogP contribution is -2.67. The molecule has 36 atom stereocenters. The Morgan fingerprint density at radius 3 is 1.31 bits per heavy atom. The van der Waals surface area contributed by atoms with Crippen LogP contribution in [-0.4, -0.2) is 349 Å². The number of carboxylic acids is 1. The molecule has 6 heterocycles. The van der Waals surface area contributed by atoms with E-state index in [0.717, 1.165) is 32.8 Å². The monoisotopic (exact) mass is 1850 g/mol. The number of carbonyl (C=O) groups is 5. The van der Waals surface area contributed by atoms with Gasteiger partial charge in [-0.05, 0) is 67.4 Å². The highest BCUT2D eigenvalue weighted by Gasteiger charge is 2.58. The lowest BCUT2D eigenvalue weighted by molar-refractivity contribution is -0.392. The van der Waals surface area contributed by atoms with Crippen molar-refractivity contribution in [3.63, 3.8) is 0 Å². The van der Waals surface area contributed by atoms with Gasteiger partial charge < -0.3 is 158 Å². The van der Waals surface area contributed by atoms with E-state index in [1.54, 1.807) is 51.1 Å². The molecule has 37 heteroatoms. The van der Waals surface area contributed by atoms with Gasteiger partial charge in [0, 0.05) is 48.0 Å². The Hall–Kier alpha value is -4.51. The number of rotatable bonds is 59. The summed E-state index contributed by atoms with van der Waals surface area (Å²) in [5.41, 5.74) is 0.599. The van der Waals surface area contributed by atoms with Crippen molar-refractivity contribution in [2.24, 2.45) is 0 Å². The number of hydrogen-bond acceptors (Lipinski definition) is 32. The minimum absolute atomic E-state index is 0.116. The molecule has 6 aliphatic rings. The van der Waals surface area contributed by atoms with Crippen molar-refractivity contribution in [2.45, 2.75) is 476 Å². The minimum Gasteiger partial charge on any atom is -0.479 e. The summed E-state index contributed by atoms with van der Waals surface area (Å²) >= 11 is 0. The molecular weight excluding hydrogens is 1690 g/mol. The average Bonchev–Trinajstić information content (AvgIpc) is 0.774. The molecule has 0 bridgehead atoms. The molecule has 37 nitrogen and oxygen atoms in total. The zero-order chi connectivity index (χ0) is 94.6. The molecule has 7 rings (SSSR count). The highest BCUT2D eigenvalue weighted by atomic mass is 16.8. The Labute approximate surface area is 761 Å². The molecule has 0 spiro atoms. The van der Waals surface area contributed by atoms with E-state index in [1.165, 1.54) is 204 Å². The van der Waals surface area contributed by atoms with Gasteiger partial charge in [0.1, 0.15) is 128 Å². The van der Waals surface area contributed by atoms with Gasteiger partial charge in [0.05, 0.1) is 55.8 Å². The van der Waals surface area contributed by atoms with E-state index < -0.39 is 250 Å². The average molecular weight is 1850 g/mol. The Morgan fingerprint density at radius 2 is 0.798 bits per heavy atom. The SMILES string of the molecule is CCCCCCCCCCCCCCCCCCCCCCCCCCCCCC(O)CC(=O)NC(Cc1ccccc1)C(=O)NC(C(=O)NC(C)C(=O)NC(C)COC1OC(C)C(OC)C(OC)C1O)C(C)OC1OC(C)C(O)C(O)C1OC1OC(C)C(O)C(OC2OC(C)C(OC3OC(C(=O)O)C(OC4OC(C)C(OC)C(O)C4OC)C(O)C3O)C(O)C2OC)C1O. The van der Waals surface area contributed by atoms with Crippen LogP contribution in [0.25, 0.3) is 0 Å². The van der Waals surface area contributed by atoms with Crippen molar-refractivity contribution < 1.29 is 161 Å². The third-order valence-corrected chi connectivity index (χ3v) is 25.7. The second-order valence-corrected chi connectivity index (χ2v) is 36.1. The quantitative estimate of drug-likeness (QED) is 0.0392. The molecule has 1 aromatic rings. The molecule has 129 heavy (non-hydrogen) atoms. The number of amides is 4. The van der Waals surface area contributed by atoms with E-state index in [-0.39, 0.29) is 19.4 Å². The highest BCUT2D eigenvalue weighted by Crippen LogP contribution is 2.38. The normalized spacial score (nSPS) is 34.7. The number of aliphatic hydroxyl groups excluding tert-OH is 10. The molecule has 6 saturated heterocycles. The third kappa shape index (κ3) is 34.0. The number of aliphatic hydroxyl groups is 10. The fraction of sp³-hybridized carbons (Fsp3) is 0.880. The molecule has 0 saturated carbocycles. The number of benzene rings is 1. The lowest BCUT2D eigenvalue weighted by atomic mass is 9.95. The number of aliphatic carboxylic acids is 1. The summed E-state index contributed by atoms with van der Waals surface area (Å²) in [6.45, 7) is 13.8. The molecule has 4 amide bonds. The van der Waals surface area contributed by atoms with Crippen molar-refractivity contribution in [1.29, 1.82) is 0 Å². The van der Waals surface area contributed by atoms with Crippen molar-refractivity contribution >= 4 is 29.6 Å². The molecule has 6 fully saturated rings. The largest absolute Gasteiger partial charge is 0.479 e. The third-order valence-electron chi connectivity index (χ3n) is 25.7. The second-order valence-electron chi connectivity index (χ2n) is 36.1. The van der Waals surface area contributed by atoms with Gasteiger partial charge in [-0.1, -0.05) is 211 Å². The van der Waals surface area contributed by atoms with Crippen LogP contribution in [0.1, 0.15) is 254 Å². The first-order chi connectivity index (χ1) is 61.7. The first kappa shape index (κ1) is 111. The highest BCUT2D eigenvalue weighted by molar-refractivity contribution is 5.94. The smallest absolute Gasteiger partial charge is 0.335 e. The lowest BCUT2D eigenvalue weighted by Gasteiger charge is -2.49. The predicted octanol–water partition coefficient (Wildman–Crippen LogP) is 4.72. The van der Waals surface area contributed by atoms with E-state index in [0.29, 0.717) is 18.4 Å². The number of carbonyl (C=O) groups excluding carboxylic acids is 4. The van der Waals surface area contributed by atoms with Gasteiger partial charge in [-0.25, -0.2) is 4.79 Å². The predicted molar refractivity (Wildman–Crippen MR) is 467 cm³/mol. The molecule has 0 aliphatic carbocycles. The molecule has 15 N–H and O–H groups in total. The Bertz CT molecular complexity index is 3300. The van der Waals surface area contributed by atoms with Crippen LogP contribution in [0, 0.1) is 0 Å². The fourth-order valence-electron chi connectivity index (χ4n) is 17.9. The van der Waals surface area contributed by atoms with Gasteiger partial charge in [0.15, 0.2) is 43.8 Å². The van der Waals surface area contributed by atoms with Crippen LogP contribution in [0.3, 0.4) is 0 Å². The molecule has 746 valence electrons. The van der Waals surface area contributed by atoms with Crippen LogP contribution in [0.4, 0.5) is 0 Å². The van der Waals surface area contributed by atoms with Crippen molar-refractivity contribution in [3.05, 3.63) is 35.9 Å². The second kappa shape index (κ2) is 58.2. The number of unbranched alkanes of at least 4 members (excludes halogenated alkanes) is 26. The van der Waals surface area contributed by atoms with Crippen LogP contribution >= 0.6 is 0 Å². The Morgan fingerprint density at radius 1 is 0.380 bits per heavy atom. The summed E-state index contributed by atoms with van der Waals surface area (Å²) in [4.78, 5) is 71.0. The number of methoxy groups -OCH3 is 5. The van der Waals surface area contributed by atoms with Gasteiger partial charge in [-0.3, -0.25) is 19.2 Å². The Kier molecular flexibility index (Phi) is 50.3. The van der Waals surface area contributed by atoms with Crippen LogP contribution in [0.2, 0.25) is 0 Å². The molecule has 0 radical (unpaired) electrons. The van der Waals surface area contributed by atoms with E-state index in [4.69, 9.17) is 80.5 Å². The standard InChI is InChI=1S/C92H160N4O33/c1-15-16-17-18-19-20-21-22-23-24-25-26-27-28-29-30-31-32-33-34-35-36-37-38-39-40-44-47-60(97)49-62(98)95-61(48-59-45-42-41-43-46-59)84(109)96-63(85(110)94-52(3)83(108)93-51(2)50-118-87-72(107)77(115-12)75(114-11)58(9)122-87)53(4)119-92-81(66(101)64(99)54(5)121-92)128-89-71(106)76(65(100)55(6)120-89)126-90-80(117-14)70(105)74(57(8)124-90)125-88-68(103)67(102)78(82(129-88)86(111)112)127-91-79(116-13)69(104)73(113-10)56(7)123-91/h41-43,45-46,51-58,60-61,63-82,87-92,97,99-107H,15-40,44,47-50H2,1-14H3,(H,93,108)(H,94,110)(H,95,98)(H,96,109)(H,111,112). The van der Waals surface area contributed by atoms with Crippen molar-refractivity contribution in [3.8, 4) is 0 Å². The van der Waals surface area contributed by atoms with Gasteiger partial charge in [-0.2, -0.15) is 0 Å². The number of ether oxygens (including phenoxy) is 17. The summed E-state index contributed by atoms with van der Waals surface area (Å²) in [6.07, 6.45) is -14.3. The topological polar surface area (TPSA) is 513 Å². The summed E-state index contributed by atoms with van der Waals surface area (Å²) in [5.74, 6) is -5.02. The molecule has 6 aliphatic heterocycles. The van der Waals surface area contributed by atoms with Crippen LogP contribution in [0.5, 0.6) is 0 Å². The molecular formula is C92H160N4O33. The first-order valence-corrected chi connectivity index (χ1v) is 47.5. The van der Waals surface area contributed by atoms with E-state index in [1.807, 2.05) is 0 Å². The summed E-state index contributed by atoms with van der Waals surface area (Å²) in [5, 5.41) is 137. The van der Waals surface area contributed by atoms with Crippen LogP contribution in [0.15, 0.2) is 30.3 Å². The van der Waals surface area contributed by atoms with Gasteiger partial charge >= 0.3 is 5.97 Å². The zero-order valence-corrected chi connectivity index (χ0v) is 78.5. The minimum atomic E-state index is -2.08. The van der Waals surface area contributed by atoms with Gasteiger partial charge in [0.25, 0.3) is 0 Å². The van der Waals surface area contributed by atoms with Crippen LogP contribution in [-0.2, 0) is 111 Å². The maximum Gasteiger partial charge on any atom is 0.335 e. The first-order valence-electron chi connectivity index (χ1n) is 47.5. The van der Waals surface area contributed by atoms with E-state index in [9.17, 15) is 70.6 Å². The van der Waals surface area contributed by atoms with Gasteiger partial charge in [0.2, 0.25) is 23.6 Å². The molecule has 1 aromatic carbocycles. The summed E-state index contributed by atoms with van der Waals surface area (Å²) < 4.78 is 100. The fourth-order valence-corrected chi connectivity index (χ4v) is 17.9. The maximum atomic E-state index is 15.1. The van der Waals surface area contributed by atoms with Crippen molar-refractivity contribution in [2.75, 3.05) is 42.2 Å². The van der Waals surface area contributed by atoms with Gasteiger partial charge in [-0.15, -0.1) is 0 Å². The Balaban J connectivity index is 0.971. The zero-order valence-electron chi connectivity index (χ0n) is 78.5.